The molecule has 1 aliphatic rings. The highest BCUT2D eigenvalue weighted by Gasteiger charge is 2.24. The molecule has 1 saturated carbocycles. The molecule has 2 nitrogen and oxygen atoms in total. The zero-order valence-electron chi connectivity index (χ0n) is 12.9. The summed E-state index contributed by atoms with van der Waals surface area (Å²) in [6.45, 7) is 6.99. The van der Waals surface area contributed by atoms with Gasteiger partial charge in [0.15, 0.2) is 0 Å². The van der Waals surface area contributed by atoms with Gasteiger partial charge in [0.2, 0.25) is 0 Å². The monoisotopic (exact) mass is 348 g/mol. The first kappa shape index (κ1) is 16.5. The third-order valence-electron chi connectivity index (χ3n) is 3.80. The molecular formula is C18H25BrN2. The second kappa shape index (κ2) is 8.58. The molecule has 2 rings (SSSR count). The summed E-state index contributed by atoms with van der Waals surface area (Å²) in [5, 5.41) is 3.44. The van der Waals surface area contributed by atoms with Crippen LogP contribution in [0.4, 0.5) is 0 Å². The Bertz CT molecular complexity index is 488. The highest BCUT2D eigenvalue weighted by atomic mass is 79.9. The molecule has 0 atom stereocenters. The van der Waals surface area contributed by atoms with Crippen molar-refractivity contribution >= 4 is 15.9 Å². The van der Waals surface area contributed by atoms with Gasteiger partial charge in [0.25, 0.3) is 0 Å². The maximum Gasteiger partial charge on any atom is 0.0601 e. The second-order valence-electron chi connectivity index (χ2n) is 5.92. The molecule has 0 saturated heterocycles. The molecule has 114 valence electrons. The van der Waals surface area contributed by atoms with Gasteiger partial charge in [-0.05, 0) is 48.9 Å². The van der Waals surface area contributed by atoms with E-state index in [1.165, 1.54) is 34.9 Å². The smallest absolute Gasteiger partial charge is 0.0601 e. The molecule has 0 amide bonds. The van der Waals surface area contributed by atoms with Crippen LogP contribution in [0.5, 0.6) is 0 Å². The van der Waals surface area contributed by atoms with E-state index in [2.05, 4.69) is 57.2 Å². The lowest BCUT2D eigenvalue weighted by Gasteiger charge is -2.20. The van der Waals surface area contributed by atoms with Crippen LogP contribution in [0.15, 0.2) is 22.7 Å². The first-order chi connectivity index (χ1) is 10.2. The molecule has 0 aliphatic heterocycles. The first-order valence-corrected chi connectivity index (χ1v) is 8.66. The normalized spacial score (nSPS) is 14.4. The summed E-state index contributed by atoms with van der Waals surface area (Å²) in [5.41, 5.74) is 2.65. The van der Waals surface area contributed by atoms with Crippen molar-refractivity contribution < 1.29 is 0 Å². The van der Waals surface area contributed by atoms with Crippen LogP contribution in [0.25, 0.3) is 0 Å². The Morgan fingerprint density at radius 2 is 2.24 bits per heavy atom. The van der Waals surface area contributed by atoms with E-state index in [4.69, 9.17) is 6.42 Å². The summed E-state index contributed by atoms with van der Waals surface area (Å²) in [7, 11) is 0. The third-order valence-corrected chi connectivity index (χ3v) is 4.53. The molecule has 0 unspecified atom stereocenters. The van der Waals surface area contributed by atoms with Crippen molar-refractivity contribution in [1.82, 2.24) is 10.2 Å². The quantitative estimate of drug-likeness (QED) is 0.539. The Balaban J connectivity index is 1.93. The van der Waals surface area contributed by atoms with Crippen molar-refractivity contribution in [3.8, 4) is 12.3 Å². The van der Waals surface area contributed by atoms with E-state index < -0.39 is 0 Å². The van der Waals surface area contributed by atoms with Gasteiger partial charge in [0, 0.05) is 24.1 Å². The van der Waals surface area contributed by atoms with E-state index in [1.54, 1.807) is 0 Å². The molecule has 1 aromatic rings. The van der Waals surface area contributed by atoms with Gasteiger partial charge < -0.3 is 5.32 Å². The number of nitrogens with zero attached hydrogens (tertiary/aromatic N) is 1. The number of benzene rings is 1. The Morgan fingerprint density at radius 3 is 2.86 bits per heavy atom. The molecule has 3 heteroatoms. The van der Waals surface area contributed by atoms with Crippen molar-refractivity contribution in [3.05, 3.63) is 33.8 Å². The lowest BCUT2D eigenvalue weighted by atomic mass is 10.1. The second-order valence-corrected chi connectivity index (χ2v) is 6.77. The molecule has 1 aliphatic carbocycles. The highest BCUT2D eigenvalue weighted by molar-refractivity contribution is 9.10. The van der Waals surface area contributed by atoms with Gasteiger partial charge in [-0.2, -0.15) is 0 Å². The van der Waals surface area contributed by atoms with Gasteiger partial charge in [0.05, 0.1) is 6.54 Å². The standard InChI is InChI=1S/C18H25BrN2/c1-3-9-20-12-16-7-8-17(18(19)11-16)14-21(10-4-2)13-15-5-6-15/h2,7-8,11,15,20H,3,5-6,9-10,12-14H2,1H3. The molecule has 0 heterocycles. The zero-order chi connectivity index (χ0) is 15.1. The van der Waals surface area contributed by atoms with Crippen molar-refractivity contribution in [2.75, 3.05) is 19.6 Å². The van der Waals surface area contributed by atoms with Crippen LogP contribution in [0.3, 0.4) is 0 Å². The van der Waals surface area contributed by atoms with Crippen LogP contribution in [0.2, 0.25) is 0 Å². The average Bonchev–Trinajstić information content (AvgIpc) is 3.26. The number of hydrogen-bond donors (Lipinski definition) is 1. The summed E-state index contributed by atoms with van der Waals surface area (Å²) >= 11 is 3.71. The fourth-order valence-corrected chi connectivity index (χ4v) is 3.01. The topological polar surface area (TPSA) is 15.3 Å². The summed E-state index contributed by atoms with van der Waals surface area (Å²) in [5.74, 6) is 3.66. The fourth-order valence-electron chi connectivity index (χ4n) is 2.46. The predicted octanol–water partition coefficient (Wildman–Crippen LogP) is 3.79. The van der Waals surface area contributed by atoms with Gasteiger partial charge in [-0.15, -0.1) is 6.42 Å². The third kappa shape index (κ3) is 5.82. The molecule has 21 heavy (non-hydrogen) atoms. The fraction of sp³-hybridized carbons (Fsp3) is 0.556. The van der Waals surface area contributed by atoms with Crippen molar-refractivity contribution in [3.63, 3.8) is 0 Å². The minimum absolute atomic E-state index is 0.739. The van der Waals surface area contributed by atoms with Crippen molar-refractivity contribution in [1.29, 1.82) is 0 Å². The summed E-state index contributed by atoms with van der Waals surface area (Å²) in [6.07, 6.45) is 9.40. The molecule has 1 N–H and O–H groups in total. The van der Waals surface area contributed by atoms with Crippen LogP contribution in [-0.4, -0.2) is 24.5 Å². The lowest BCUT2D eigenvalue weighted by molar-refractivity contribution is 0.286. The zero-order valence-corrected chi connectivity index (χ0v) is 14.5. The Hall–Kier alpha value is -0.820. The van der Waals surface area contributed by atoms with E-state index in [9.17, 15) is 0 Å². The van der Waals surface area contributed by atoms with Crippen LogP contribution >= 0.6 is 15.9 Å². The van der Waals surface area contributed by atoms with E-state index in [1.807, 2.05) is 0 Å². The molecule has 1 aromatic carbocycles. The average molecular weight is 349 g/mol. The van der Waals surface area contributed by atoms with E-state index in [0.29, 0.717) is 0 Å². The lowest BCUT2D eigenvalue weighted by Crippen LogP contribution is -2.26. The van der Waals surface area contributed by atoms with Gasteiger partial charge in [0.1, 0.15) is 0 Å². The SMILES string of the molecule is C#CCN(Cc1ccc(CNCCC)cc1Br)CC1CC1. The van der Waals surface area contributed by atoms with Crippen LogP contribution in [0.1, 0.15) is 37.3 Å². The molecule has 0 bridgehead atoms. The molecule has 0 aromatic heterocycles. The van der Waals surface area contributed by atoms with Crippen LogP contribution in [0, 0.1) is 18.3 Å². The number of rotatable bonds is 9. The van der Waals surface area contributed by atoms with Crippen LogP contribution in [-0.2, 0) is 13.1 Å². The Kier molecular flexibility index (Phi) is 6.76. The molecule has 0 radical (unpaired) electrons. The van der Waals surface area contributed by atoms with Gasteiger partial charge in [-0.3, -0.25) is 4.90 Å². The summed E-state index contributed by atoms with van der Waals surface area (Å²) in [6, 6.07) is 6.67. The number of hydrogen-bond acceptors (Lipinski definition) is 2. The molecular weight excluding hydrogens is 324 g/mol. The maximum absolute atomic E-state index is 5.50. The molecule has 1 fully saturated rings. The van der Waals surface area contributed by atoms with Crippen LogP contribution < -0.4 is 5.32 Å². The van der Waals surface area contributed by atoms with Gasteiger partial charge in [-0.1, -0.05) is 40.9 Å². The predicted molar refractivity (Wildman–Crippen MR) is 93.0 cm³/mol. The van der Waals surface area contributed by atoms with Gasteiger partial charge in [-0.25, -0.2) is 0 Å². The maximum atomic E-state index is 5.50. The van der Waals surface area contributed by atoms with E-state index >= 15 is 0 Å². The van der Waals surface area contributed by atoms with E-state index in [-0.39, 0.29) is 0 Å². The summed E-state index contributed by atoms with van der Waals surface area (Å²) in [4.78, 5) is 2.38. The minimum atomic E-state index is 0.739. The first-order valence-electron chi connectivity index (χ1n) is 7.86. The van der Waals surface area contributed by atoms with E-state index in [0.717, 1.165) is 38.6 Å². The molecule has 0 spiro atoms. The largest absolute Gasteiger partial charge is 0.313 e. The van der Waals surface area contributed by atoms with Crippen molar-refractivity contribution in [2.24, 2.45) is 5.92 Å². The summed E-state index contributed by atoms with van der Waals surface area (Å²) < 4.78 is 1.19. The van der Waals surface area contributed by atoms with Crippen molar-refractivity contribution in [2.45, 2.75) is 39.3 Å². The minimum Gasteiger partial charge on any atom is -0.313 e. The number of halogens is 1. The van der Waals surface area contributed by atoms with Gasteiger partial charge >= 0.3 is 0 Å². The Morgan fingerprint density at radius 1 is 1.43 bits per heavy atom. The Labute approximate surface area is 137 Å². The highest BCUT2D eigenvalue weighted by Crippen LogP contribution is 2.30. The number of terminal acetylenes is 1. The number of nitrogens with one attached hydrogen (secondary N) is 1.